The quantitative estimate of drug-likeness (QED) is 0.463. The van der Waals surface area contributed by atoms with E-state index in [2.05, 4.69) is 10.3 Å². The number of phenols is 1. The van der Waals surface area contributed by atoms with Crippen LogP contribution in [0.4, 0.5) is 23.2 Å². The number of halogens is 4. The number of anilines is 1. The zero-order chi connectivity index (χ0) is 21.8. The highest BCUT2D eigenvalue weighted by molar-refractivity contribution is 5.91. The predicted octanol–water partition coefficient (Wildman–Crippen LogP) is 4.33. The first-order valence-electron chi connectivity index (χ1n) is 9.22. The molecule has 0 saturated heterocycles. The highest BCUT2D eigenvalue weighted by atomic mass is 19.4. The standard InChI is InChI=1S/C21H18F4N2O3/c1-10-9-20(30,21(23,24)25)19(12-3-2-4-15(28)17(10)12)26-14-7-6-13(22)18-11(14)5-8-16(29)27-18/h2-8,10,19,26,28,30H,9H2,1H3,(H,27,29)/t10-,19+,20+/m1/s1. The molecule has 4 N–H and O–H groups in total. The Morgan fingerprint density at radius 2 is 1.90 bits per heavy atom. The summed E-state index contributed by atoms with van der Waals surface area (Å²) in [6.07, 6.45) is -5.65. The smallest absolute Gasteiger partial charge is 0.419 e. The van der Waals surface area contributed by atoms with Crippen LogP contribution in [-0.2, 0) is 0 Å². The van der Waals surface area contributed by atoms with E-state index in [4.69, 9.17) is 0 Å². The van der Waals surface area contributed by atoms with Crippen LogP contribution in [0.25, 0.3) is 10.9 Å². The summed E-state index contributed by atoms with van der Waals surface area (Å²) in [5.41, 5.74) is -3.37. The monoisotopic (exact) mass is 422 g/mol. The third-order valence-corrected chi connectivity index (χ3v) is 5.65. The van der Waals surface area contributed by atoms with Crippen LogP contribution in [0.3, 0.4) is 0 Å². The summed E-state index contributed by atoms with van der Waals surface area (Å²) in [6.45, 7) is 1.50. The molecule has 5 nitrogen and oxygen atoms in total. The van der Waals surface area contributed by atoms with Gasteiger partial charge in [-0.25, -0.2) is 4.39 Å². The molecule has 4 rings (SSSR count). The van der Waals surface area contributed by atoms with Crippen LogP contribution in [0, 0.1) is 5.82 Å². The number of benzene rings is 2. The van der Waals surface area contributed by atoms with Gasteiger partial charge in [0.1, 0.15) is 11.6 Å². The Morgan fingerprint density at radius 3 is 2.60 bits per heavy atom. The van der Waals surface area contributed by atoms with Crippen molar-refractivity contribution in [1.82, 2.24) is 4.98 Å². The van der Waals surface area contributed by atoms with Crippen molar-refractivity contribution < 1.29 is 27.8 Å². The van der Waals surface area contributed by atoms with Crippen molar-refractivity contribution in [2.45, 2.75) is 37.1 Å². The average molecular weight is 422 g/mol. The first kappa shape index (κ1) is 20.2. The number of fused-ring (bicyclic) bond motifs is 2. The second kappa shape index (κ2) is 6.73. The zero-order valence-corrected chi connectivity index (χ0v) is 15.7. The van der Waals surface area contributed by atoms with Crippen LogP contribution in [-0.4, -0.2) is 27.0 Å². The Bertz CT molecular complexity index is 1190. The number of phenolic OH excluding ortho intramolecular Hbond substituents is 1. The molecule has 0 saturated carbocycles. The van der Waals surface area contributed by atoms with Crippen LogP contribution in [0.5, 0.6) is 5.75 Å². The summed E-state index contributed by atoms with van der Waals surface area (Å²) in [7, 11) is 0. The molecule has 2 aromatic carbocycles. The average Bonchev–Trinajstić information content (AvgIpc) is 2.66. The molecule has 0 fully saturated rings. The van der Waals surface area contributed by atoms with Crippen LogP contribution in [0.1, 0.15) is 36.4 Å². The fourth-order valence-corrected chi connectivity index (χ4v) is 4.28. The number of H-pyrrole nitrogens is 1. The van der Waals surface area contributed by atoms with Gasteiger partial charge in [-0.1, -0.05) is 19.1 Å². The molecule has 1 aliphatic rings. The Morgan fingerprint density at radius 1 is 1.17 bits per heavy atom. The van der Waals surface area contributed by atoms with E-state index in [9.17, 15) is 32.6 Å². The van der Waals surface area contributed by atoms with E-state index >= 15 is 0 Å². The first-order chi connectivity index (χ1) is 14.0. The molecule has 3 atom stereocenters. The number of nitrogens with one attached hydrogen (secondary N) is 2. The molecule has 30 heavy (non-hydrogen) atoms. The fraction of sp³-hybridized carbons (Fsp3) is 0.286. The summed E-state index contributed by atoms with van der Waals surface area (Å²) in [6, 6.07) is 7.20. The summed E-state index contributed by atoms with van der Waals surface area (Å²) < 4.78 is 56.2. The minimum Gasteiger partial charge on any atom is -0.508 e. The lowest BCUT2D eigenvalue weighted by molar-refractivity contribution is -0.272. The fourth-order valence-electron chi connectivity index (χ4n) is 4.28. The topological polar surface area (TPSA) is 85.4 Å². The molecule has 3 aromatic rings. The second-order valence-electron chi connectivity index (χ2n) is 7.59. The molecular formula is C21H18F4N2O3. The van der Waals surface area contributed by atoms with Gasteiger partial charge < -0.3 is 20.5 Å². The van der Waals surface area contributed by atoms with E-state index in [0.29, 0.717) is 5.56 Å². The van der Waals surface area contributed by atoms with Gasteiger partial charge >= 0.3 is 6.18 Å². The lowest BCUT2D eigenvalue weighted by Crippen LogP contribution is -2.55. The number of rotatable bonds is 2. The summed E-state index contributed by atoms with van der Waals surface area (Å²) in [4.78, 5) is 13.9. The van der Waals surface area contributed by atoms with Crippen LogP contribution < -0.4 is 10.9 Å². The number of alkyl halides is 3. The van der Waals surface area contributed by atoms with Crippen molar-refractivity contribution in [3.05, 3.63) is 69.8 Å². The molecule has 1 aromatic heterocycles. The van der Waals surface area contributed by atoms with Crippen molar-refractivity contribution in [3.63, 3.8) is 0 Å². The van der Waals surface area contributed by atoms with E-state index in [1.165, 1.54) is 37.3 Å². The third kappa shape index (κ3) is 3.00. The number of hydrogen-bond acceptors (Lipinski definition) is 4. The van der Waals surface area contributed by atoms with Crippen molar-refractivity contribution >= 4 is 16.6 Å². The molecule has 0 radical (unpaired) electrons. The maximum absolute atomic E-state index is 14.1. The van der Waals surface area contributed by atoms with Crippen molar-refractivity contribution in [3.8, 4) is 5.75 Å². The number of pyridine rings is 1. The van der Waals surface area contributed by atoms with Gasteiger partial charge in [0.05, 0.1) is 11.6 Å². The van der Waals surface area contributed by atoms with Gasteiger partial charge in [0.25, 0.3) is 0 Å². The Balaban J connectivity index is 1.93. The molecule has 9 heteroatoms. The molecule has 1 aliphatic carbocycles. The van der Waals surface area contributed by atoms with Gasteiger partial charge in [0.15, 0.2) is 5.60 Å². The summed E-state index contributed by atoms with van der Waals surface area (Å²) in [5, 5.41) is 23.9. The van der Waals surface area contributed by atoms with Gasteiger partial charge in [-0.05, 0) is 42.2 Å². The SMILES string of the molecule is C[C@@H]1C[C@@](O)(C(F)(F)F)[C@@H](Nc2ccc(F)c3[nH]c(=O)ccc23)c2cccc(O)c21. The van der Waals surface area contributed by atoms with E-state index in [1.54, 1.807) is 0 Å². The third-order valence-electron chi connectivity index (χ3n) is 5.65. The van der Waals surface area contributed by atoms with Gasteiger partial charge in [-0.3, -0.25) is 4.79 Å². The Labute approximate surface area is 168 Å². The second-order valence-corrected chi connectivity index (χ2v) is 7.59. The number of aliphatic hydroxyl groups is 1. The highest BCUT2D eigenvalue weighted by Gasteiger charge is 2.62. The van der Waals surface area contributed by atoms with Crippen LogP contribution in [0.2, 0.25) is 0 Å². The lowest BCUT2D eigenvalue weighted by atomic mass is 9.70. The van der Waals surface area contributed by atoms with E-state index in [-0.39, 0.29) is 27.9 Å². The first-order valence-corrected chi connectivity index (χ1v) is 9.22. The predicted molar refractivity (Wildman–Crippen MR) is 103 cm³/mol. The Hall–Kier alpha value is -3.07. The molecule has 0 bridgehead atoms. The maximum atomic E-state index is 14.1. The normalized spacial score (nSPS) is 23.9. The molecule has 0 aliphatic heterocycles. The number of aromatic hydroxyl groups is 1. The minimum absolute atomic E-state index is 0.0930. The van der Waals surface area contributed by atoms with E-state index in [1.807, 2.05) is 0 Å². The van der Waals surface area contributed by atoms with Gasteiger partial charge in [-0.15, -0.1) is 0 Å². The minimum atomic E-state index is -4.98. The van der Waals surface area contributed by atoms with Gasteiger partial charge in [0, 0.05) is 22.7 Å². The summed E-state index contributed by atoms with van der Waals surface area (Å²) >= 11 is 0. The number of hydrogen-bond donors (Lipinski definition) is 4. The number of aromatic nitrogens is 1. The molecule has 1 heterocycles. The highest BCUT2D eigenvalue weighted by Crippen LogP contribution is 2.54. The maximum Gasteiger partial charge on any atom is 0.419 e. The van der Waals surface area contributed by atoms with Gasteiger partial charge in [0.2, 0.25) is 5.56 Å². The summed E-state index contributed by atoms with van der Waals surface area (Å²) in [5.74, 6) is -1.66. The number of aromatic amines is 1. The lowest BCUT2D eigenvalue weighted by Gasteiger charge is -2.45. The van der Waals surface area contributed by atoms with Crippen molar-refractivity contribution in [2.75, 3.05) is 5.32 Å². The van der Waals surface area contributed by atoms with Crippen LogP contribution >= 0.6 is 0 Å². The van der Waals surface area contributed by atoms with Gasteiger partial charge in [-0.2, -0.15) is 13.2 Å². The van der Waals surface area contributed by atoms with Crippen molar-refractivity contribution in [2.24, 2.45) is 0 Å². The Kier molecular flexibility index (Phi) is 4.54. The van der Waals surface area contributed by atoms with Crippen LogP contribution in [0.15, 0.2) is 47.3 Å². The molecular weight excluding hydrogens is 404 g/mol. The molecule has 0 amide bonds. The largest absolute Gasteiger partial charge is 0.508 e. The molecule has 0 spiro atoms. The van der Waals surface area contributed by atoms with E-state index in [0.717, 1.165) is 12.1 Å². The van der Waals surface area contributed by atoms with E-state index < -0.39 is 41.5 Å². The molecule has 158 valence electrons. The zero-order valence-electron chi connectivity index (χ0n) is 15.7. The van der Waals surface area contributed by atoms with Crippen molar-refractivity contribution in [1.29, 1.82) is 0 Å². The molecule has 0 unspecified atom stereocenters.